The van der Waals surface area contributed by atoms with E-state index in [1.807, 2.05) is 13.8 Å². The Morgan fingerprint density at radius 2 is 2.32 bits per heavy atom. The van der Waals surface area contributed by atoms with Gasteiger partial charge in [-0.1, -0.05) is 6.92 Å². The standard InChI is InChI=1S/C11H14N6O2/c1-4-8-12-11(15-14-8)7(2)5-9-13-10(17(18)19)6-16(9)3/h5-6H,4H2,1-3H3,(H,12,14,15)/b7-5+. The van der Waals surface area contributed by atoms with Gasteiger partial charge in [0.05, 0.1) is 0 Å². The summed E-state index contributed by atoms with van der Waals surface area (Å²) < 4.78 is 1.59. The van der Waals surface area contributed by atoms with Crippen LogP contribution in [0.25, 0.3) is 11.6 Å². The summed E-state index contributed by atoms with van der Waals surface area (Å²) in [4.78, 5) is 18.3. The molecule has 0 radical (unpaired) electrons. The number of nitrogens with zero attached hydrogens (tertiary/aromatic N) is 5. The predicted molar refractivity (Wildman–Crippen MR) is 69.2 cm³/mol. The van der Waals surface area contributed by atoms with Gasteiger partial charge in [-0.15, -0.1) is 0 Å². The van der Waals surface area contributed by atoms with Crippen LogP contribution >= 0.6 is 0 Å². The summed E-state index contributed by atoms with van der Waals surface area (Å²) >= 11 is 0. The smallest absolute Gasteiger partial charge is 0.358 e. The third kappa shape index (κ3) is 2.67. The SMILES string of the molecule is CCc1nc(/C(C)=C/c2nc([N+](=O)[O-])cn2C)n[nH]1. The molecule has 0 aliphatic carbocycles. The minimum Gasteiger partial charge on any atom is -0.358 e. The molecule has 0 atom stereocenters. The second-order valence-corrected chi connectivity index (χ2v) is 4.11. The lowest BCUT2D eigenvalue weighted by Gasteiger charge is -1.93. The molecule has 2 heterocycles. The Balaban J connectivity index is 2.32. The second kappa shape index (κ2) is 5.01. The number of H-pyrrole nitrogens is 1. The topological polar surface area (TPSA) is 103 Å². The quantitative estimate of drug-likeness (QED) is 0.665. The van der Waals surface area contributed by atoms with Gasteiger partial charge in [0.25, 0.3) is 0 Å². The molecule has 1 N–H and O–H groups in total. The molecule has 0 amide bonds. The maximum absolute atomic E-state index is 10.6. The van der Waals surface area contributed by atoms with E-state index >= 15 is 0 Å². The highest BCUT2D eigenvalue weighted by Crippen LogP contribution is 2.16. The summed E-state index contributed by atoms with van der Waals surface area (Å²) in [5.41, 5.74) is 0.791. The lowest BCUT2D eigenvalue weighted by Crippen LogP contribution is -1.91. The zero-order valence-electron chi connectivity index (χ0n) is 10.9. The molecule has 2 aromatic rings. The Labute approximate surface area is 109 Å². The summed E-state index contributed by atoms with van der Waals surface area (Å²) in [6, 6.07) is 0. The molecular weight excluding hydrogens is 248 g/mol. The number of rotatable bonds is 4. The molecule has 0 bridgehead atoms. The van der Waals surface area contributed by atoms with Crippen LogP contribution in [0.15, 0.2) is 6.20 Å². The second-order valence-electron chi connectivity index (χ2n) is 4.11. The van der Waals surface area contributed by atoms with Gasteiger partial charge in [0.15, 0.2) is 5.82 Å². The molecule has 0 aromatic carbocycles. The fourth-order valence-electron chi connectivity index (χ4n) is 1.57. The average molecular weight is 262 g/mol. The molecule has 0 fully saturated rings. The van der Waals surface area contributed by atoms with Gasteiger partial charge < -0.3 is 14.7 Å². The van der Waals surface area contributed by atoms with E-state index in [0.717, 1.165) is 17.8 Å². The number of nitro groups is 1. The van der Waals surface area contributed by atoms with Crippen molar-refractivity contribution in [1.82, 2.24) is 24.7 Å². The Morgan fingerprint density at radius 1 is 1.58 bits per heavy atom. The van der Waals surface area contributed by atoms with Crippen LogP contribution in [0.5, 0.6) is 0 Å². The van der Waals surface area contributed by atoms with E-state index in [1.165, 1.54) is 6.20 Å². The highest BCUT2D eigenvalue weighted by molar-refractivity contribution is 5.75. The van der Waals surface area contributed by atoms with Gasteiger partial charge in [-0.2, -0.15) is 5.10 Å². The minimum atomic E-state index is -0.519. The van der Waals surface area contributed by atoms with Crippen LogP contribution in [0.3, 0.4) is 0 Å². The molecule has 8 heteroatoms. The molecule has 100 valence electrons. The molecular formula is C11H14N6O2. The molecule has 0 saturated carbocycles. The first kappa shape index (κ1) is 12.9. The molecule has 2 aromatic heterocycles. The van der Waals surface area contributed by atoms with Crippen molar-refractivity contribution < 1.29 is 4.92 Å². The molecule has 0 spiro atoms. The first-order valence-corrected chi connectivity index (χ1v) is 5.79. The molecule has 0 aliphatic heterocycles. The van der Waals surface area contributed by atoms with E-state index in [4.69, 9.17) is 0 Å². The van der Waals surface area contributed by atoms with Gasteiger partial charge >= 0.3 is 5.82 Å². The van der Waals surface area contributed by atoms with Crippen molar-refractivity contribution in [3.05, 3.63) is 33.8 Å². The molecule has 0 saturated heterocycles. The van der Waals surface area contributed by atoms with Crippen molar-refractivity contribution in [2.24, 2.45) is 7.05 Å². The van der Waals surface area contributed by atoms with Crippen LogP contribution in [0, 0.1) is 10.1 Å². The number of allylic oxidation sites excluding steroid dienone is 1. The van der Waals surface area contributed by atoms with Gasteiger partial charge in [-0.05, 0) is 16.8 Å². The fraction of sp³-hybridized carbons (Fsp3) is 0.364. The van der Waals surface area contributed by atoms with Crippen LogP contribution < -0.4 is 0 Å². The highest BCUT2D eigenvalue weighted by Gasteiger charge is 2.15. The zero-order valence-corrected chi connectivity index (χ0v) is 10.9. The number of nitrogens with one attached hydrogen (secondary N) is 1. The van der Waals surface area contributed by atoms with Crippen LogP contribution in [0.2, 0.25) is 0 Å². The number of hydrogen-bond donors (Lipinski definition) is 1. The average Bonchev–Trinajstić information content (AvgIpc) is 2.97. The Morgan fingerprint density at radius 3 is 2.84 bits per heavy atom. The van der Waals surface area contributed by atoms with Crippen LogP contribution in [0.4, 0.5) is 5.82 Å². The molecule has 8 nitrogen and oxygen atoms in total. The van der Waals surface area contributed by atoms with Crippen LogP contribution in [-0.2, 0) is 13.5 Å². The molecule has 2 rings (SSSR count). The van der Waals surface area contributed by atoms with Crippen molar-refractivity contribution in [3.8, 4) is 0 Å². The summed E-state index contributed by atoms with van der Waals surface area (Å²) in [7, 11) is 1.70. The van der Waals surface area contributed by atoms with Gasteiger partial charge in [-0.3, -0.25) is 5.10 Å². The van der Waals surface area contributed by atoms with Gasteiger partial charge in [0.2, 0.25) is 5.82 Å². The van der Waals surface area contributed by atoms with Crippen molar-refractivity contribution in [1.29, 1.82) is 0 Å². The van der Waals surface area contributed by atoms with E-state index in [-0.39, 0.29) is 5.82 Å². The Bertz CT molecular complexity index is 639. The first-order chi connectivity index (χ1) is 9.01. The van der Waals surface area contributed by atoms with E-state index in [1.54, 1.807) is 17.7 Å². The zero-order chi connectivity index (χ0) is 14.0. The predicted octanol–water partition coefficient (Wildman–Crippen LogP) is 1.57. The normalized spacial score (nSPS) is 11.8. The van der Waals surface area contributed by atoms with Crippen LogP contribution in [-0.4, -0.2) is 29.7 Å². The van der Waals surface area contributed by atoms with E-state index in [2.05, 4.69) is 20.2 Å². The lowest BCUT2D eigenvalue weighted by molar-refractivity contribution is -0.389. The van der Waals surface area contributed by atoms with Gasteiger partial charge in [0.1, 0.15) is 12.0 Å². The molecule has 0 aliphatic rings. The Hall–Kier alpha value is -2.51. The number of aryl methyl sites for hydroxylation is 2. The first-order valence-electron chi connectivity index (χ1n) is 5.79. The summed E-state index contributed by atoms with van der Waals surface area (Å²) in [6.07, 6.45) is 3.86. The lowest BCUT2D eigenvalue weighted by atomic mass is 10.2. The van der Waals surface area contributed by atoms with Crippen molar-refractivity contribution in [2.45, 2.75) is 20.3 Å². The Kier molecular flexibility index (Phi) is 3.41. The number of aromatic amines is 1. The highest BCUT2D eigenvalue weighted by atomic mass is 16.6. The van der Waals surface area contributed by atoms with Crippen molar-refractivity contribution in [2.75, 3.05) is 0 Å². The number of aromatic nitrogens is 5. The largest absolute Gasteiger partial charge is 0.382 e. The number of hydrogen-bond acceptors (Lipinski definition) is 5. The molecule has 19 heavy (non-hydrogen) atoms. The summed E-state index contributed by atoms with van der Waals surface area (Å²) in [6.45, 7) is 3.81. The van der Waals surface area contributed by atoms with Gasteiger partial charge in [-0.25, -0.2) is 4.98 Å². The van der Waals surface area contributed by atoms with Crippen molar-refractivity contribution in [3.63, 3.8) is 0 Å². The van der Waals surface area contributed by atoms with E-state index < -0.39 is 4.92 Å². The van der Waals surface area contributed by atoms with Gasteiger partial charge in [0, 0.05) is 25.1 Å². The van der Waals surface area contributed by atoms with Crippen molar-refractivity contribution >= 4 is 17.5 Å². The third-order valence-corrected chi connectivity index (χ3v) is 2.65. The fourth-order valence-corrected chi connectivity index (χ4v) is 1.57. The maximum Gasteiger partial charge on any atom is 0.382 e. The minimum absolute atomic E-state index is 0.175. The molecule has 0 unspecified atom stereocenters. The van der Waals surface area contributed by atoms with E-state index in [9.17, 15) is 10.1 Å². The maximum atomic E-state index is 10.6. The van der Waals surface area contributed by atoms with Crippen LogP contribution in [0.1, 0.15) is 31.3 Å². The number of imidazole rings is 1. The summed E-state index contributed by atoms with van der Waals surface area (Å²) in [5.74, 6) is 1.69. The third-order valence-electron chi connectivity index (χ3n) is 2.65. The summed E-state index contributed by atoms with van der Waals surface area (Å²) in [5, 5.41) is 17.5. The van der Waals surface area contributed by atoms with E-state index in [0.29, 0.717) is 11.6 Å². The monoisotopic (exact) mass is 262 g/mol.